The lowest BCUT2D eigenvalue weighted by Crippen LogP contribution is -2.36. The van der Waals surface area contributed by atoms with Gasteiger partial charge in [-0.25, -0.2) is 0 Å². The fourth-order valence-corrected chi connectivity index (χ4v) is 6.28. The molecule has 4 aromatic carbocycles. The highest BCUT2D eigenvalue weighted by Crippen LogP contribution is 2.49. The highest BCUT2D eigenvalue weighted by Gasteiger charge is 2.38. The number of fused-ring (bicyclic) bond motifs is 6. The lowest BCUT2D eigenvalue weighted by molar-refractivity contribution is 0.109. The predicted molar refractivity (Wildman–Crippen MR) is 173 cm³/mol. The van der Waals surface area contributed by atoms with E-state index < -0.39 is 28.0 Å². The molecule has 0 amide bonds. The largest absolute Gasteiger partial charge is 0.507 e. The van der Waals surface area contributed by atoms with Gasteiger partial charge in [0.05, 0.1) is 10.8 Å². The first-order valence-corrected chi connectivity index (χ1v) is 14.5. The topological polar surface area (TPSA) is 171 Å². The molecule has 10 nitrogen and oxygen atoms in total. The van der Waals surface area contributed by atoms with E-state index in [1.807, 2.05) is 19.9 Å². The molecule has 1 aliphatic heterocycles. The fourth-order valence-electron chi connectivity index (χ4n) is 6.28. The molecule has 1 aliphatic rings. The van der Waals surface area contributed by atoms with E-state index >= 15 is 0 Å². The average Bonchev–Trinajstić information content (AvgIpc) is 2.99. The summed E-state index contributed by atoms with van der Waals surface area (Å²) in [5.41, 5.74) is -1.07. The van der Waals surface area contributed by atoms with E-state index in [9.17, 15) is 35.1 Å². The Morgan fingerprint density at radius 1 is 0.783 bits per heavy atom. The van der Waals surface area contributed by atoms with E-state index in [0.29, 0.717) is 12.0 Å². The summed E-state index contributed by atoms with van der Waals surface area (Å²) in [4.78, 5) is 26.6. The SMILES string of the molecule is CC(C)=CC1CC(C)(C=Cc2cc(O)c3c(=O)c4cccc(O)c4oc3c2O)Oc2c1cc(O)c1c(=O)c3cccc(O)c3oc21. The fraction of sp³-hybridized carbons (Fsp3) is 0.167. The highest BCUT2D eigenvalue weighted by molar-refractivity contribution is 6.00. The van der Waals surface area contributed by atoms with Crippen LogP contribution in [0.4, 0.5) is 0 Å². The van der Waals surface area contributed by atoms with Crippen molar-refractivity contribution in [3.8, 4) is 34.5 Å². The van der Waals surface area contributed by atoms with Crippen molar-refractivity contribution in [2.75, 3.05) is 0 Å². The summed E-state index contributed by atoms with van der Waals surface area (Å²) in [6, 6.07) is 11.4. The van der Waals surface area contributed by atoms with Gasteiger partial charge in [-0.3, -0.25) is 9.59 Å². The zero-order valence-electron chi connectivity index (χ0n) is 24.9. The maximum absolute atomic E-state index is 13.5. The zero-order chi connectivity index (χ0) is 32.7. The van der Waals surface area contributed by atoms with Gasteiger partial charge in [0.2, 0.25) is 10.9 Å². The number of para-hydroxylation sites is 2. The molecule has 0 saturated heterocycles. The van der Waals surface area contributed by atoms with Crippen molar-refractivity contribution < 1.29 is 39.1 Å². The van der Waals surface area contributed by atoms with Crippen LogP contribution in [0, 0.1) is 0 Å². The molecule has 2 atom stereocenters. The van der Waals surface area contributed by atoms with Gasteiger partial charge in [-0.15, -0.1) is 0 Å². The van der Waals surface area contributed by atoms with E-state index in [-0.39, 0.29) is 78.4 Å². The normalized spacial score (nSPS) is 17.9. The Morgan fingerprint density at radius 3 is 1.96 bits per heavy atom. The van der Waals surface area contributed by atoms with Gasteiger partial charge < -0.3 is 39.1 Å². The molecular weight excluding hydrogens is 592 g/mol. The summed E-state index contributed by atoms with van der Waals surface area (Å²) in [7, 11) is 0. The Kier molecular flexibility index (Phi) is 6.31. The first kappa shape index (κ1) is 28.8. The van der Waals surface area contributed by atoms with Gasteiger partial charge in [0.1, 0.15) is 27.9 Å². The minimum absolute atomic E-state index is 0.0276. The van der Waals surface area contributed by atoms with Crippen molar-refractivity contribution in [2.24, 2.45) is 0 Å². The lowest BCUT2D eigenvalue weighted by atomic mass is 9.81. The van der Waals surface area contributed by atoms with E-state index in [1.54, 1.807) is 13.0 Å². The number of ether oxygens (including phenoxy) is 1. The van der Waals surface area contributed by atoms with Crippen LogP contribution >= 0.6 is 0 Å². The Labute approximate surface area is 259 Å². The van der Waals surface area contributed by atoms with Crippen LogP contribution in [0.2, 0.25) is 0 Å². The first-order valence-electron chi connectivity index (χ1n) is 14.5. The Morgan fingerprint density at radius 2 is 1.35 bits per heavy atom. The molecule has 0 saturated carbocycles. The van der Waals surface area contributed by atoms with Gasteiger partial charge in [0, 0.05) is 23.5 Å². The highest BCUT2D eigenvalue weighted by atomic mass is 16.5. The van der Waals surface area contributed by atoms with Crippen LogP contribution < -0.4 is 15.6 Å². The van der Waals surface area contributed by atoms with Crippen LogP contribution in [0.25, 0.3) is 50.0 Å². The van der Waals surface area contributed by atoms with Crippen molar-refractivity contribution in [1.29, 1.82) is 0 Å². The van der Waals surface area contributed by atoms with E-state index in [0.717, 1.165) is 5.57 Å². The first-order chi connectivity index (χ1) is 21.9. The van der Waals surface area contributed by atoms with Crippen LogP contribution in [0.3, 0.4) is 0 Å². The van der Waals surface area contributed by atoms with E-state index in [2.05, 4.69) is 0 Å². The van der Waals surface area contributed by atoms with Crippen LogP contribution in [-0.2, 0) is 0 Å². The summed E-state index contributed by atoms with van der Waals surface area (Å²) in [5, 5.41) is 53.6. The standard InChI is InChI=1S/C36H28O10/c1-16(2)12-18-15-36(3,46-33-21(18)14-25(40)27-30(43)20-7-5-9-23(38)32(20)45-35(27)33)11-10-17-13-24(39)26-29(42)19-6-4-8-22(37)31(19)44-34(26)28(17)41/h4-14,18,37-41H,15H2,1-3H3. The minimum atomic E-state index is -1.10. The second-order valence-corrected chi connectivity index (χ2v) is 12.0. The van der Waals surface area contributed by atoms with Crippen LogP contribution in [-0.4, -0.2) is 31.1 Å². The van der Waals surface area contributed by atoms with Gasteiger partial charge in [-0.1, -0.05) is 29.9 Å². The number of rotatable bonds is 3. The quantitative estimate of drug-likeness (QED) is 0.0785. The van der Waals surface area contributed by atoms with E-state index in [4.69, 9.17) is 13.6 Å². The Balaban J connectivity index is 1.41. The van der Waals surface area contributed by atoms with Crippen LogP contribution in [0.5, 0.6) is 34.5 Å². The molecule has 0 radical (unpaired) electrons. The molecule has 5 N–H and O–H groups in total. The number of benzene rings is 4. The zero-order valence-corrected chi connectivity index (χ0v) is 24.9. The molecule has 0 spiro atoms. The molecule has 2 unspecified atom stereocenters. The average molecular weight is 621 g/mol. The Hall–Kier alpha value is -5.90. The smallest absolute Gasteiger partial charge is 0.204 e. The van der Waals surface area contributed by atoms with Crippen molar-refractivity contribution in [2.45, 2.75) is 38.7 Å². The van der Waals surface area contributed by atoms with Crippen molar-refractivity contribution in [3.05, 3.63) is 97.8 Å². The van der Waals surface area contributed by atoms with Crippen molar-refractivity contribution in [1.82, 2.24) is 0 Å². The van der Waals surface area contributed by atoms with Crippen LogP contribution in [0.15, 0.2) is 84.7 Å². The number of phenols is 5. The third-order valence-electron chi connectivity index (χ3n) is 8.36. The molecule has 3 heterocycles. The number of allylic oxidation sites excluding steroid dienone is 2. The third-order valence-corrected chi connectivity index (χ3v) is 8.36. The summed E-state index contributed by atoms with van der Waals surface area (Å²) >= 11 is 0. The number of aromatic hydroxyl groups is 5. The summed E-state index contributed by atoms with van der Waals surface area (Å²) < 4.78 is 18.3. The third kappa shape index (κ3) is 4.33. The van der Waals surface area contributed by atoms with E-state index in [1.165, 1.54) is 54.6 Å². The van der Waals surface area contributed by atoms with Crippen molar-refractivity contribution in [3.63, 3.8) is 0 Å². The van der Waals surface area contributed by atoms with Gasteiger partial charge in [-0.05, 0) is 63.2 Å². The predicted octanol–water partition coefficient (Wildman–Crippen LogP) is 7.04. The molecular formula is C36H28O10. The molecule has 7 rings (SSSR count). The monoisotopic (exact) mass is 620 g/mol. The molecule has 232 valence electrons. The summed E-state index contributed by atoms with van der Waals surface area (Å²) in [6.45, 7) is 5.65. The van der Waals surface area contributed by atoms with Gasteiger partial charge >= 0.3 is 0 Å². The van der Waals surface area contributed by atoms with Crippen molar-refractivity contribution >= 4 is 50.0 Å². The molecule has 2 aromatic heterocycles. The molecule has 0 aliphatic carbocycles. The maximum atomic E-state index is 13.5. The Bertz CT molecular complexity index is 2460. The second kappa shape index (κ2) is 10.1. The number of hydrogen-bond acceptors (Lipinski definition) is 10. The van der Waals surface area contributed by atoms with Gasteiger partial charge in [0.25, 0.3) is 0 Å². The molecule has 0 fully saturated rings. The second-order valence-electron chi connectivity index (χ2n) is 12.0. The number of phenolic OH excluding ortho intramolecular Hbond substituents is 5. The molecule has 6 aromatic rings. The molecule has 0 bridgehead atoms. The maximum Gasteiger partial charge on any atom is 0.204 e. The van der Waals surface area contributed by atoms with Gasteiger partial charge in [0.15, 0.2) is 45.3 Å². The summed E-state index contributed by atoms with van der Waals surface area (Å²) in [5.74, 6) is -1.79. The van der Waals surface area contributed by atoms with Gasteiger partial charge in [-0.2, -0.15) is 0 Å². The lowest BCUT2D eigenvalue weighted by Gasteiger charge is -2.37. The van der Waals surface area contributed by atoms with Crippen LogP contribution in [0.1, 0.15) is 44.2 Å². The minimum Gasteiger partial charge on any atom is -0.507 e. The molecule has 10 heteroatoms. The molecule has 46 heavy (non-hydrogen) atoms. The number of hydrogen-bond donors (Lipinski definition) is 5. The summed E-state index contributed by atoms with van der Waals surface area (Å²) in [6.07, 6.45) is 5.53.